The van der Waals surface area contributed by atoms with Crippen molar-refractivity contribution >= 4 is 6.03 Å². The summed E-state index contributed by atoms with van der Waals surface area (Å²) < 4.78 is 35.0. The molecule has 0 aromatic rings. The number of rotatable bonds is 4. The lowest BCUT2D eigenvalue weighted by atomic mass is 10.0. The number of alkyl halides is 3. The summed E-state index contributed by atoms with van der Waals surface area (Å²) in [4.78, 5) is 10.8. The maximum atomic E-state index is 11.7. The Labute approximate surface area is 85.8 Å². The van der Waals surface area contributed by atoms with Gasteiger partial charge in [0.1, 0.15) is 6.54 Å². The number of hydrogen-bond donors (Lipinski definition) is 3. The number of aliphatic hydroxyl groups is 1. The van der Waals surface area contributed by atoms with Gasteiger partial charge in [0.25, 0.3) is 0 Å². The lowest BCUT2D eigenvalue weighted by Gasteiger charge is -2.21. The second-order valence-electron chi connectivity index (χ2n) is 3.50. The SMILES string of the molecule is CCC(C)(O)CNC(=O)NCC(F)(F)F. The van der Waals surface area contributed by atoms with Gasteiger partial charge in [-0.15, -0.1) is 0 Å². The minimum Gasteiger partial charge on any atom is -0.388 e. The molecule has 0 aliphatic rings. The summed E-state index contributed by atoms with van der Waals surface area (Å²) in [5, 5.41) is 13.2. The highest BCUT2D eigenvalue weighted by atomic mass is 19.4. The topological polar surface area (TPSA) is 61.4 Å². The third-order valence-corrected chi connectivity index (χ3v) is 1.84. The summed E-state index contributed by atoms with van der Waals surface area (Å²) in [6, 6.07) is -0.943. The van der Waals surface area contributed by atoms with Crippen LogP contribution in [0.5, 0.6) is 0 Å². The molecule has 3 N–H and O–H groups in total. The highest BCUT2D eigenvalue weighted by molar-refractivity contribution is 5.73. The second kappa shape index (κ2) is 5.20. The van der Waals surface area contributed by atoms with Crippen molar-refractivity contribution in [2.24, 2.45) is 0 Å². The number of hydrogen-bond acceptors (Lipinski definition) is 2. The van der Waals surface area contributed by atoms with Crippen LogP contribution in [0.15, 0.2) is 0 Å². The Kier molecular flexibility index (Phi) is 4.86. The molecule has 0 aliphatic carbocycles. The van der Waals surface area contributed by atoms with E-state index in [-0.39, 0.29) is 6.54 Å². The van der Waals surface area contributed by atoms with E-state index < -0.39 is 24.4 Å². The molecule has 0 fully saturated rings. The summed E-state index contributed by atoms with van der Waals surface area (Å²) >= 11 is 0. The van der Waals surface area contributed by atoms with Gasteiger partial charge in [-0.05, 0) is 13.3 Å². The van der Waals surface area contributed by atoms with Crippen LogP contribution in [0, 0.1) is 0 Å². The first-order valence-corrected chi connectivity index (χ1v) is 4.47. The average molecular weight is 228 g/mol. The van der Waals surface area contributed by atoms with Crippen LogP contribution in [0.3, 0.4) is 0 Å². The van der Waals surface area contributed by atoms with Crippen LogP contribution in [0.1, 0.15) is 20.3 Å². The van der Waals surface area contributed by atoms with E-state index >= 15 is 0 Å². The van der Waals surface area contributed by atoms with Gasteiger partial charge in [-0.3, -0.25) is 0 Å². The molecule has 0 heterocycles. The highest BCUT2D eigenvalue weighted by Crippen LogP contribution is 2.12. The van der Waals surface area contributed by atoms with Gasteiger partial charge in [-0.25, -0.2) is 4.79 Å². The van der Waals surface area contributed by atoms with Crippen LogP contribution in [0.25, 0.3) is 0 Å². The smallest absolute Gasteiger partial charge is 0.388 e. The van der Waals surface area contributed by atoms with Crippen molar-refractivity contribution in [2.45, 2.75) is 32.0 Å². The van der Waals surface area contributed by atoms with E-state index in [1.54, 1.807) is 12.2 Å². The quantitative estimate of drug-likeness (QED) is 0.672. The molecule has 1 unspecified atom stereocenters. The Bertz CT molecular complexity index is 216. The number of carbonyl (C=O) groups excluding carboxylic acids is 1. The van der Waals surface area contributed by atoms with Gasteiger partial charge in [0, 0.05) is 6.54 Å². The molecule has 2 amide bonds. The number of amides is 2. The van der Waals surface area contributed by atoms with Crippen molar-refractivity contribution in [3.63, 3.8) is 0 Å². The third kappa shape index (κ3) is 8.04. The molecule has 1 atom stereocenters. The summed E-state index contributed by atoms with van der Waals surface area (Å²) in [5.41, 5.74) is -1.10. The van der Waals surface area contributed by atoms with Crippen molar-refractivity contribution in [1.29, 1.82) is 0 Å². The standard InChI is InChI=1S/C8H15F3N2O2/c1-3-7(2,15)4-12-6(14)13-5-8(9,10)11/h15H,3-5H2,1-2H3,(H2,12,13,14). The molecular formula is C8H15F3N2O2. The highest BCUT2D eigenvalue weighted by Gasteiger charge is 2.28. The number of urea groups is 1. The fourth-order valence-corrected chi connectivity index (χ4v) is 0.639. The Balaban J connectivity index is 3.77. The Hall–Kier alpha value is -0.980. The number of carbonyl (C=O) groups is 1. The Morgan fingerprint density at radius 3 is 2.13 bits per heavy atom. The molecule has 0 saturated heterocycles. The summed E-state index contributed by atoms with van der Waals surface area (Å²) in [7, 11) is 0. The molecule has 0 aromatic heterocycles. The first kappa shape index (κ1) is 14.0. The van der Waals surface area contributed by atoms with Gasteiger partial charge < -0.3 is 15.7 Å². The number of nitrogens with one attached hydrogen (secondary N) is 2. The van der Waals surface area contributed by atoms with E-state index in [9.17, 15) is 23.1 Å². The fourth-order valence-electron chi connectivity index (χ4n) is 0.639. The fraction of sp³-hybridized carbons (Fsp3) is 0.875. The van der Waals surface area contributed by atoms with Gasteiger partial charge in [-0.1, -0.05) is 6.92 Å². The minimum absolute atomic E-state index is 0.0901. The summed E-state index contributed by atoms with van der Waals surface area (Å²) in [5.74, 6) is 0. The van der Waals surface area contributed by atoms with Crippen LogP contribution in [0.2, 0.25) is 0 Å². The largest absolute Gasteiger partial charge is 0.405 e. The van der Waals surface area contributed by atoms with Gasteiger partial charge in [0.2, 0.25) is 0 Å². The molecule has 7 heteroatoms. The van der Waals surface area contributed by atoms with Crippen LogP contribution in [-0.2, 0) is 0 Å². The van der Waals surface area contributed by atoms with E-state index in [0.717, 1.165) is 0 Å². The van der Waals surface area contributed by atoms with E-state index in [0.29, 0.717) is 6.42 Å². The first-order chi connectivity index (χ1) is 6.66. The molecule has 0 aliphatic heterocycles. The van der Waals surface area contributed by atoms with E-state index in [1.165, 1.54) is 6.92 Å². The molecule has 0 spiro atoms. The first-order valence-electron chi connectivity index (χ1n) is 4.47. The Morgan fingerprint density at radius 1 is 1.27 bits per heavy atom. The van der Waals surface area contributed by atoms with Crippen LogP contribution in [0.4, 0.5) is 18.0 Å². The maximum Gasteiger partial charge on any atom is 0.405 e. The average Bonchev–Trinajstić information content (AvgIpc) is 2.10. The van der Waals surface area contributed by atoms with Gasteiger partial charge >= 0.3 is 12.2 Å². The summed E-state index contributed by atoms with van der Waals surface area (Å²) in [6.45, 7) is 1.71. The lowest BCUT2D eigenvalue weighted by Crippen LogP contribution is -2.46. The molecule has 0 saturated carbocycles. The molecular weight excluding hydrogens is 213 g/mol. The molecule has 0 radical (unpaired) electrons. The van der Waals surface area contributed by atoms with E-state index in [2.05, 4.69) is 5.32 Å². The number of halogens is 3. The molecule has 0 bridgehead atoms. The molecule has 0 aromatic carbocycles. The monoisotopic (exact) mass is 228 g/mol. The van der Waals surface area contributed by atoms with Crippen molar-refractivity contribution < 1.29 is 23.1 Å². The van der Waals surface area contributed by atoms with Crippen LogP contribution >= 0.6 is 0 Å². The van der Waals surface area contributed by atoms with Crippen molar-refractivity contribution in [2.75, 3.05) is 13.1 Å². The predicted molar refractivity (Wildman–Crippen MR) is 48.4 cm³/mol. The van der Waals surface area contributed by atoms with Crippen molar-refractivity contribution in [3.05, 3.63) is 0 Å². The van der Waals surface area contributed by atoms with Gasteiger partial charge in [0.05, 0.1) is 5.60 Å². The van der Waals surface area contributed by atoms with E-state index in [4.69, 9.17) is 0 Å². The molecule has 4 nitrogen and oxygen atoms in total. The maximum absolute atomic E-state index is 11.7. The molecule has 90 valence electrons. The van der Waals surface area contributed by atoms with Gasteiger partial charge in [-0.2, -0.15) is 13.2 Å². The van der Waals surface area contributed by atoms with Crippen molar-refractivity contribution in [3.8, 4) is 0 Å². The summed E-state index contributed by atoms with van der Waals surface area (Å²) in [6.07, 6.45) is -4.03. The van der Waals surface area contributed by atoms with Crippen molar-refractivity contribution in [1.82, 2.24) is 10.6 Å². The molecule has 0 rings (SSSR count). The van der Waals surface area contributed by atoms with E-state index in [1.807, 2.05) is 0 Å². The second-order valence-corrected chi connectivity index (χ2v) is 3.50. The zero-order chi connectivity index (χ0) is 12.1. The molecule has 15 heavy (non-hydrogen) atoms. The third-order valence-electron chi connectivity index (χ3n) is 1.84. The van der Waals surface area contributed by atoms with Gasteiger partial charge in [0.15, 0.2) is 0 Å². The lowest BCUT2D eigenvalue weighted by molar-refractivity contribution is -0.122. The normalized spacial score (nSPS) is 15.6. The minimum atomic E-state index is -4.43. The Morgan fingerprint density at radius 2 is 1.73 bits per heavy atom. The zero-order valence-corrected chi connectivity index (χ0v) is 8.61. The predicted octanol–water partition coefficient (Wildman–Crippen LogP) is 1.01. The zero-order valence-electron chi connectivity index (χ0n) is 8.61. The van der Waals surface area contributed by atoms with Crippen LogP contribution in [-0.4, -0.2) is 36.0 Å². The van der Waals surface area contributed by atoms with Crippen LogP contribution < -0.4 is 10.6 Å².